The summed E-state index contributed by atoms with van der Waals surface area (Å²) in [6, 6.07) is 6.52. The van der Waals surface area contributed by atoms with E-state index >= 15 is 0 Å². The van der Waals surface area contributed by atoms with Crippen LogP contribution in [0.2, 0.25) is 0 Å². The molecule has 140 valence electrons. The fraction of sp³-hybridized carbons (Fsp3) is 0.550. The van der Waals surface area contributed by atoms with Crippen LogP contribution in [0.25, 0.3) is 0 Å². The molecule has 0 spiro atoms. The van der Waals surface area contributed by atoms with Gasteiger partial charge in [-0.05, 0) is 18.4 Å². The standard InChI is InChI=1S/C20H27N3O3/c24-20(18-8-4-5-9-19(18)23(25)26)10-12-22-13-11-21-15-17(22)14-16-6-2-1-3-7-16/h4-5,8-10,12,16-17,21H,1-3,6-7,11,13-15H2/b12-10+. The van der Waals surface area contributed by atoms with Crippen molar-refractivity contribution in [2.45, 2.75) is 44.6 Å². The van der Waals surface area contributed by atoms with E-state index in [-0.39, 0.29) is 17.0 Å². The first-order valence-electron chi connectivity index (χ1n) is 9.57. The van der Waals surface area contributed by atoms with Gasteiger partial charge in [-0.3, -0.25) is 14.9 Å². The third-order valence-corrected chi connectivity index (χ3v) is 5.51. The molecule has 0 bridgehead atoms. The molecule has 1 saturated heterocycles. The zero-order chi connectivity index (χ0) is 18.4. The molecule has 3 rings (SSSR count). The fourth-order valence-corrected chi connectivity index (χ4v) is 4.09. The molecule has 1 atom stereocenters. The molecular weight excluding hydrogens is 330 g/mol. The number of hydrogen-bond acceptors (Lipinski definition) is 5. The second-order valence-corrected chi connectivity index (χ2v) is 7.29. The molecule has 1 unspecified atom stereocenters. The molecule has 26 heavy (non-hydrogen) atoms. The zero-order valence-corrected chi connectivity index (χ0v) is 15.1. The smallest absolute Gasteiger partial charge is 0.280 e. The van der Waals surface area contributed by atoms with Gasteiger partial charge in [0.2, 0.25) is 0 Å². The van der Waals surface area contributed by atoms with Crippen LogP contribution >= 0.6 is 0 Å². The van der Waals surface area contributed by atoms with Crippen molar-refractivity contribution >= 4 is 11.5 Å². The number of nitrogens with zero attached hydrogens (tertiary/aromatic N) is 2. The Kier molecular flexibility index (Phi) is 6.39. The summed E-state index contributed by atoms with van der Waals surface area (Å²) in [6.07, 6.45) is 11.1. The maximum atomic E-state index is 12.5. The van der Waals surface area contributed by atoms with E-state index in [1.54, 1.807) is 12.1 Å². The minimum atomic E-state index is -0.502. The number of carbonyl (C=O) groups is 1. The second kappa shape index (κ2) is 8.94. The van der Waals surface area contributed by atoms with Crippen LogP contribution in [-0.2, 0) is 0 Å². The highest BCUT2D eigenvalue weighted by Crippen LogP contribution is 2.29. The second-order valence-electron chi connectivity index (χ2n) is 7.29. The summed E-state index contributed by atoms with van der Waals surface area (Å²) in [7, 11) is 0. The predicted molar refractivity (Wildman–Crippen MR) is 101 cm³/mol. The van der Waals surface area contributed by atoms with Gasteiger partial charge >= 0.3 is 0 Å². The molecule has 1 aliphatic heterocycles. The Morgan fingerprint density at radius 1 is 1.27 bits per heavy atom. The molecular formula is C20H27N3O3. The van der Waals surface area contributed by atoms with Crippen molar-refractivity contribution in [3.8, 4) is 0 Å². The van der Waals surface area contributed by atoms with E-state index in [9.17, 15) is 14.9 Å². The SMILES string of the molecule is O=C(/C=C/N1CCNCC1CC1CCCCC1)c1ccccc1[N+](=O)[O-]. The van der Waals surface area contributed by atoms with Crippen molar-refractivity contribution in [2.75, 3.05) is 19.6 Å². The van der Waals surface area contributed by atoms with Crippen LogP contribution in [0.5, 0.6) is 0 Å². The number of nitro benzene ring substituents is 1. The van der Waals surface area contributed by atoms with Gasteiger partial charge in [0.05, 0.1) is 10.5 Å². The van der Waals surface area contributed by atoms with Crippen LogP contribution in [0, 0.1) is 16.0 Å². The van der Waals surface area contributed by atoms with Crippen LogP contribution < -0.4 is 5.32 Å². The van der Waals surface area contributed by atoms with E-state index in [1.807, 2.05) is 6.20 Å². The van der Waals surface area contributed by atoms with E-state index in [2.05, 4.69) is 10.2 Å². The number of ketones is 1. The molecule has 0 radical (unpaired) electrons. The van der Waals surface area contributed by atoms with Crippen molar-refractivity contribution in [3.63, 3.8) is 0 Å². The summed E-state index contributed by atoms with van der Waals surface area (Å²) >= 11 is 0. The average Bonchev–Trinajstić information content (AvgIpc) is 2.68. The third kappa shape index (κ3) is 4.69. The zero-order valence-electron chi connectivity index (χ0n) is 15.1. The highest BCUT2D eigenvalue weighted by Gasteiger charge is 2.25. The monoisotopic (exact) mass is 357 g/mol. The van der Waals surface area contributed by atoms with Crippen LogP contribution in [0.1, 0.15) is 48.9 Å². The largest absolute Gasteiger partial charge is 0.372 e. The number of rotatable bonds is 6. The van der Waals surface area contributed by atoms with E-state index in [0.29, 0.717) is 6.04 Å². The Bertz CT molecular complexity index is 668. The molecule has 0 aromatic heterocycles. The summed E-state index contributed by atoms with van der Waals surface area (Å²) in [4.78, 5) is 25.3. The summed E-state index contributed by atoms with van der Waals surface area (Å²) in [5.74, 6) is 0.461. The highest BCUT2D eigenvalue weighted by molar-refractivity contribution is 6.07. The van der Waals surface area contributed by atoms with Gasteiger partial charge in [-0.2, -0.15) is 0 Å². The molecule has 6 nitrogen and oxygen atoms in total. The summed E-state index contributed by atoms with van der Waals surface area (Å²) in [5, 5.41) is 14.6. The molecule has 6 heteroatoms. The van der Waals surface area contributed by atoms with Crippen molar-refractivity contribution < 1.29 is 9.72 Å². The summed E-state index contributed by atoms with van der Waals surface area (Å²) in [6.45, 7) is 2.68. The maximum absolute atomic E-state index is 12.5. The van der Waals surface area contributed by atoms with Crippen molar-refractivity contribution in [2.24, 2.45) is 5.92 Å². The van der Waals surface area contributed by atoms with Gasteiger partial charge in [-0.15, -0.1) is 0 Å². The van der Waals surface area contributed by atoms with Gasteiger partial charge in [0, 0.05) is 44.0 Å². The van der Waals surface area contributed by atoms with Gasteiger partial charge in [-0.25, -0.2) is 0 Å². The minimum Gasteiger partial charge on any atom is -0.372 e. The molecule has 2 aliphatic rings. The first-order chi connectivity index (χ1) is 12.6. The Balaban J connectivity index is 1.67. The lowest BCUT2D eigenvalue weighted by atomic mass is 9.84. The lowest BCUT2D eigenvalue weighted by Crippen LogP contribution is -2.49. The van der Waals surface area contributed by atoms with E-state index in [1.165, 1.54) is 50.3 Å². The highest BCUT2D eigenvalue weighted by atomic mass is 16.6. The Morgan fingerprint density at radius 3 is 2.81 bits per heavy atom. The van der Waals surface area contributed by atoms with E-state index in [4.69, 9.17) is 0 Å². The number of allylic oxidation sites excluding steroid dienone is 1. The normalized spacial score (nSPS) is 21.8. The lowest BCUT2D eigenvalue weighted by molar-refractivity contribution is -0.385. The summed E-state index contributed by atoms with van der Waals surface area (Å²) < 4.78 is 0. The molecule has 1 aromatic rings. The Labute approximate surface area is 154 Å². The fourth-order valence-electron chi connectivity index (χ4n) is 4.09. The third-order valence-electron chi connectivity index (χ3n) is 5.51. The number of hydrogen-bond donors (Lipinski definition) is 1. The Hall–Kier alpha value is -2.21. The Morgan fingerprint density at radius 2 is 2.04 bits per heavy atom. The number of nitro groups is 1. The quantitative estimate of drug-likeness (QED) is 0.365. The van der Waals surface area contributed by atoms with Gasteiger partial charge < -0.3 is 10.2 Å². The number of nitrogens with one attached hydrogen (secondary N) is 1. The van der Waals surface area contributed by atoms with Crippen molar-refractivity contribution in [3.05, 3.63) is 52.2 Å². The maximum Gasteiger partial charge on any atom is 0.280 e. The molecule has 1 saturated carbocycles. The minimum absolute atomic E-state index is 0.138. The number of benzene rings is 1. The van der Waals surface area contributed by atoms with Crippen molar-refractivity contribution in [1.29, 1.82) is 0 Å². The molecule has 0 amide bonds. The van der Waals surface area contributed by atoms with Crippen LogP contribution in [-0.4, -0.2) is 41.3 Å². The first kappa shape index (κ1) is 18.6. The lowest BCUT2D eigenvalue weighted by Gasteiger charge is -2.38. The van der Waals surface area contributed by atoms with Crippen LogP contribution in [0.15, 0.2) is 36.5 Å². The number of para-hydroxylation sites is 1. The average molecular weight is 357 g/mol. The number of piperazine rings is 1. The van der Waals surface area contributed by atoms with Gasteiger partial charge in [0.1, 0.15) is 0 Å². The van der Waals surface area contributed by atoms with Crippen molar-refractivity contribution in [1.82, 2.24) is 10.2 Å². The predicted octanol–water partition coefficient (Wildman–Crippen LogP) is 3.54. The topological polar surface area (TPSA) is 75.5 Å². The molecule has 2 fully saturated rings. The molecule has 1 N–H and O–H groups in total. The van der Waals surface area contributed by atoms with Crippen LogP contribution in [0.4, 0.5) is 5.69 Å². The summed E-state index contributed by atoms with van der Waals surface area (Å²) in [5.41, 5.74) is 0.00827. The van der Waals surface area contributed by atoms with E-state index < -0.39 is 4.92 Å². The first-order valence-corrected chi connectivity index (χ1v) is 9.57. The molecule has 1 aliphatic carbocycles. The van der Waals surface area contributed by atoms with E-state index in [0.717, 1.165) is 32.0 Å². The van der Waals surface area contributed by atoms with Gasteiger partial charge in [0.15, 0.2) is 5.78 Å². The number of carbonyl (C=O) groups excluding carboxylic acids is 1. The van der Waals surface area contributed by atoms with Gasteiger partial charge in [0.25, 0.3) is 5.69 Å². The molecule has 1 aromatic carbocycles. The van der Waals surface area contributed by atoms with Gasteiger partial charge in [-0.1, -0.05) is 44.2 Å². The molecule has 1 heterocycles. The van der Waals surface area contributed by atoms with Crippen LogP contribution in [0.3, 0.4) is 0 Å².